The SMILES string of the molecule is COCCn1cnnc1CNC(=O)c1nonc1C. The number of aromatic nitrogens is 5. The van der Waals surface area contributed by atoms with Crippen molar-refractivity contribution in [1.29, 1.82) is 0 Å². The number of hydrogen-bond acceptors (Lipinski definition) is 7. The second-order valence-corrected chi connectivity index (χ2v) is 3.81. The number of aryl methyl sites for hydroxylation is 1. The minimum atomic E-state index is -0.361. The van der Waals surface area contributed by atoms with Crippen molar-refractivity contribution in [3.05, 3.63) is 23.5 Å². The standard InChI is InChI=1S/C10H14N6O3/c1-7-9(15-19-14-7)10(17)11-5-8-13-12-6-16(8)3-4-18-2/h6H,3-5H2,1-2H3,(H,11,17). The molecule has 2 aromatic rings. The van der Waals surface area contributed by atoms with E-state index in [-0.39, 0.29) is 18.1 Å². The van der Waals surface area contributed by atoms with Gasteiger partial charge in [0.25, 0.3) is 5.91 Å². The van der Waals surface area contributed by atoms with Gasteiger partial charge in [-0.2, -0.15) is 0 Å². The largest absolute Gasteiger partial charge is 0.383 e. The average Bonchev–Trinajstić information content (AvgIpc) is 3.02. The Bertz CT molecular complexity index is 549. The van der Waals surface area contributed by atoms with Gasteiger partial charge in [0.15, 0.2) is 11.5 Å². The number of carbonyl (C=O) groups is 1. The average molecular weight is 266 g/mol. The molecule has 2 heterocycles. The summed E-state index contributed by atoms with van der Waals surface area (Å²) in [7, 11) is 1.62. The monoisotopic (exact) mass is 266 g/mol. The second-order valence-electron chi connectivity index (χ2n) is 3.81. The third kappa shape index (κ3) is 3.13. The molecular weight excluding hydrogens is 252 g/mol. The highest BCUT2D eigenvalue weighted by Gasteiger charge is 2.15. The zero-order chi connectivity index (χ0) is 13.7. The summed E-state index contributed by atoms with van der Waals surface area (Å²) < 4.78 is 11.2. The Morgan fingerprint density at radius 1 is 1.53 bits per heavy atom. The molecule has 102 valence electrons. The zero-order valence-electron chi connectivity index (χ0n) is 10.7. The number of nitrogens with one attached hydrogen (secondary N) is 1. The zero-order valence-corrected chi connectivity index (χ0v) is 10.7. The molecule has 0 bridgehead atoms. The van der Waals surface area contributed by atoms with Crippen LogP contribution in [0.4, 0.5) is 0 Å². The molecule has 0 aliphatic rings. The highest BCUT2D eigenvalue weighted by atomic mass is 16.6. The predicted molar refractivity (Wildman–Crippen MR) is 62.1 cm³/mol. The van der Waals surface area contributed by atoms with Gasteiger partial charge in [-0.3, -0.25) is 4.79 Å². The van der Waals surface area contributed by atoms with Crippen LogP contribution < -0.4 is 5.32 Å². The van der Waals surface area contributed by atoms with Gasteiger partial charge in [-0.05, 0) is 12.1 Å². The lowest BCUT2D eigenvalue weighted by molar-refractivity contribution is 0.0939. The number of ether oxygens (including phenoxy) is 1. The van der Waals surface area contributed by atoms with Gasteiger partial charge in [0, 0.05) is 13.7 Å². The van der Waals surface area contributed by atoms with Crippen molar-refractivity contribution < 1.29 is 14.2 Å². The second kappa shape index (κ2) is 6.05. The van der Waals surface area contributed by atoms with E-state index in [2.05, 4.69) is 30.5 Å². The molecule has 1 amide bonds. The Hall–Kier alpha value is -2.29. The normalized spacial score (nSPS) is 10.6. The van der Waals surface area contributed by atoms with Crippen LogP contribution >= 0.6 is 0 Å². The number of methoxy groups -OCH3 is 1. The minimum absolute atomic E-state index is 0.169. The molecule has 0 saturated heterocycles. The quantitative estimate of drug-likeness (QED) is 0.754. The maximum atomic E-state index is 11.8. The molecule has 0 unspecified atom stereocenters. The van der Waals surface area contributed by atoms with Gasteiger partial charge in [0.2, 0.25) is 0 Å². The Morgan fingerprint density at radius 3 is 3.05 bits per heavy atom. The Labute approximate surface area is 108 Å². The van der Waals surface area contributed by atoms with Crippen molar-refractivity contribution in [3.63, 3.8) is 0 Å². The van der Waals surface area contributed by atoms with Gasteiger partial charge in [-0.1, -0.05) is 5.16 Å². The van der Waals surface area contributed by atoms with Crippen LogP contribution in [-0.4, -0.2) is 44.7 Å². The van der Waals surface area contributed by atoms with E-state index in [1.807, 2.05) is 0 Å². The van der Waals surface area contributed by atoms with Crippen molar-refractivity contribution in [2.45, 2.75) is 20.0 Å². The van der Waals surface area contributed by atoms with E-state index in [9.17, 15) is 4.79 Å². The Balaban J connectivity index is 1.94. The highest BCUT2D eigenvalue weighted by molar-refractivity contribution is 5.92. The first-order valence-corrected chi connectivity index (χ1v) is 5.65. The molecule has 19 heavy (non-hydrogen) atoms. The third-order valence-corrected chi connectivity index (χ3v) is 2.51. The maximum Gasteiger partial charge on any atom is 0.275 e. The molecule has 2 aromatic heterocycles. The van der Waals surface area contributed by atoms with Gasteiger partial charge in [0.05, 0.1) is 13.2 Å². The lowest BCUT2D eigenvalue weighted by Gasteiger charge is -2.06. The topological polar surface area (TPSA) is 108 Å². The molecule has 0 atom stereocenters. The van der Waals surface area contributed by atoms with E-state index in [0.29, 0.717) is 24.7 Å². The first-order valence-electron chi connectivity index (χ1n) is 5.65. The van der Waals surface area contributed by atoms with Gasteiger partial charge in [-0.15, -0.1) is 10.2 Å². The number of carbonyl (C=O) groups excluding carboxylic acids is 1. The van der Waals surface area contributed by atoms with E-state index >= 15 is 0 Å². The van der Waals surface area contributed by atoms with E-state index < -0.39 is 0 Å². The summed E-state index contributed by atoms with van der Waals surface area (Å²) in [6, 6.07) is 0. The summed E-state index contributed by atoms with van der Waals surface area (Å²) in [6.07, 6.45) is 1.59. The first kappa shape index (κ1) is 13.1. The molecule has 0 spiro atoms. The van der Waals surface area contributed by atoms with Crippen molar-refractivity contribution in [2.24, 2.45) is 0 Å². The van der Waals surface area contributed by atoms with Gasteiger partial charge >= 0.3 is 0 Å². The van der Waals surface area contributed by atoms with Gasteiger partial charge < -0.3 is 14.6 Å². The van der Waals surface area contributed by atoms with Gasteiger partial charge in [-0.25, -0.2) is 4.63 Å². The van der Waals surface area contributed by atoms with Crippen LogP contribution in [0.2, 0.25) is 0 Å². The van der Waals surface area contributed by atoms with Crippen LogP contribution in [0.25, 0.3) is 0 Å². The fraction of sp³-hybridized carbons (Fsp3) is 0.500. The van der Waals surface area contributed by atoms with Crippen LogP contribution in [0.3, 0.4) is 0 Å². The molecule has 0 aliphatic heterocycles. The fourth-order valence-electron chi connectivity index (χ4n) is 1.47. The lowest BCUT2D eigenvalue weighted by Crippen LogP contribution is -2.26. The molecular formula is C10H14N6O3. The van der Waals surface area contributed by atoms with E-state index in [0.717, 1.165) is 0 Å². The van der Waals surface area contributed by atoms with Crippen molar-refractivity contribution >= 4 is 5.91 Å². The number of nitrogens with zero attached hydrogens (tertiary/aromatic N) is 5. The number of amides is 1. The van der Waals surface area contributed by atoms with Crippen molar-refractivity contribution in [2.75, 3.05) is 13.7 Å². The molecule has 1 N–H and O–H groups in total. The summed E-state index contributed by atoms with van der Waals surface area (Å²) in [5.74, 6) is 0.277. The highest BCUT2D eigenvalue weighted by Crippen LogP contribution is 2.01. The Morgan fingerprint density at radius 2 is 2.37 bits per heavy atom. The maximum absolute atomic E-state index is 11.8. The summed E-state index contributed by atoms with van der Waals surface area (Å²) in [4.78, 5) is 11.8. The number of hydrogen-bond donors (Lipinski definition) is 1. The van der Waals surface area contributed by atoms with E-state index in [1.165, 1.54) is 0 Å². The molecule has 0 saturated carbocycles. The fourth-order valence-corrected chi connectivity index (χ4v) is 1.47. The van der Waals surface area contributed by atoms with Crippen LogP contribution in [0.15, 0.2) is 11.0 Å². The van der Waals surface area contributed by atoms with Crippen LogP contribution in [0.5, 0.6) is 0 Å². The summed E-state index contributed by atoms with van der Waals surface area (Å²) >= 11 is 0. The van der Waals surface area contributed by atoms with Crippen LogP contribution in [0.1, 0.15) is 22.0 Å². The summed E-state index contributed by atoms with van der Waals surface area (Å²) in [5.41, 5.74) is 0.612. The minimum Gasteiger partial charge on any atom is -0.383 e. The van der Waals surface area contributed by atoms with E-state index in [1.54, 1.807) is 24.9 Å². The van der Waals surface area contributed by atoms with Gasteiger partial charge in [0.1, 0.15) is 12.0 Å². The van der Waals surface area contributed by atoms with E-state index in [4.69, 9.17) is 4.74 Å². The third-order valence-electron chi connectivity index (χ3n) is 2.51. The molecule has 2 rings (SSSR count). The molecule has 0 aliphatic carbocycles. The molecule has 0 radical (unpaired) electrons. The lowest BCUT2D eigenvalue weighted by atomic mass is 10.3. The smallest absolute Gasteiger partial charge is 0.275 e. The molecule has 0 aromatic carbocycles. The van der Waals surface area contributed by atoms with Crippen molar-refractivity contribution in [1.82, 2.24) is 30.4 Å². The van der Waals surface area contributed by atoms with Crippen molar-refractivity contribution in [3.8, 4) is 0 Å². The van der Waals surface area contributed by atoms with Crippen LogP contribution in [-0.2, 0) is 17.8 Å². The molecule has 9 nitrogen and oxygen atoms in total. The van der Waals surface area contributed by atoms with Crippen LogP contribution in [0, 0.1) is 6.92 Å². The summed E-state index contributed by atoms with van der Waals surface area (Å²) in [5, 5.41) is 17.5. The Kier molecular flexibility index (Phi) is 4.18. The summed E-state index contributed by atoms with van der Waals surface area (Å²) in [6.45, 7) is 3.06. The number of rotatable bonds is 6. The molecule has 9 heteroatoms. The first-order chi connectivity index (χ1) is 9.22. The molecule has 0 fully saturated rings. The predicted octanol–water partition coefficient (Wildman–Crippen LogP) is -0.454.